The first kappa shape index (κ1) is 15.5. The van der Waals surface area contributed by atoms with E-state index in [4.69, 9.17) is 15.2 Å². The maximum atomic E-state index is 12.0. The van der Waals surface area contributed by atoms with E-state index >= 15 is 0 Å². The van der Waals surface area contributed by atoms with Gasteiger partial charge < -0.3 is 25.8 Å². The molecular formula is C16H19N3O3. The van der Waals surface area contributed by atoms with Crippen molar-refractivity contribution in [3.63, 3.8) is 0 Å². The first-order valence-corrected chi connectivity index (χ1v) is 6.69. The molecule has 2 aromatic carbocycles. The summed E-state index contributed by atoms with van der Waals surface area (Å²) in [6.07, 6.45) is 0. The van der Waals surface area contributed by atoms with Gasteiger partial charge in [-0.05, 0) is 36.8 Å². The van der Waals surface area contributed by atoms with Crippen LogP contribution >= 0.6 is 0 Å². The summed E-state index contributed by atoms with van der Waals surface area (Å²) in [5, 5.41) is 5.44. The van der Waals surface area contributed by atoms with Crippen molar-refractivity contribution in [1.82, 2.24) is 0 Å². The van der Waals surface area contributed by atoms with Crippen LogP contribution in [0.25, 0.3) is 0 Å². The van der Waals surface area contributed by atoms with Crippen molar-refractivity contribution in [3.05, 3.63) is 42.0 Å². The largest absolute Gasteiger partial charge is 0.493 e. The number of hydrogen-bond acceptors (Lipinski definition) is 4. The lowest BCUT2D eigenvalue weighted by Gasteiger charge is -2.12. The van der Waals surface area contributed by atoms with E-state index in [9.17, 15) is 4.79 Å². The van der Waals surface area contributed by atoms with E-state index in [0.29, 0.717) is 28.6 Å². The lowest BCUT2D eigenvalue weighted by atomic mass is 10.2. The van der Waals surface area contributed by atoms with Gasteiger partial charge >= 0.3 is 6.03 Å². The van der Waals surface area contributed by atoms with E-state index in [-0.39, 0.29) is 6.03 Å². The van der Waals surface area contributed by atoms with Gasteiger partial charge in [-0.25, -0.2) is 4.79 Å². The van der Waals surface area contributed by atoms with Crippen molar-refractivity contribution in [2.24, 2.45) is 0 Å². The number of anilines is 3. The predicted molar refractivity (Wildman–Crippen MR) is 87.8 cm³/mol. The molecule has 2 rings (SSSR count). The van der Waals surface area contributed by atoms with Gasteiger partial charge in [0.15, 0.2) is 11.5 Å². The molecule has 0 bridgehead atoms. The monoisotopic (exact) mass is 301 g/mol. The molecule has 0 radical (unpaired) electrons. The number of rotatable bonds is 4. The highest BCUT2D eigenvalue weighted by Crippen LogP contribution is 2.29. The van der Waals surface area contributed by atoms with Crippen molar-refractivity contribution in [1.29, 1.82) is 0 Å². The average molecular weight is 301 g/mol. The van der Waals surface area contributed by atoms with E-state index in [2.05, 4.69) is 10.6 Å². The molecule has 6 nitrogen and oxygen atoms in total. The third-order valence-electron chi connectivity index (χ3n) is 3.10. The Morgan fingerprint density at radius 3 is 2.41 bits per heavy atom. The molecule has 22 heavy (non-hydrogen) atoms. The van der Waals surface area contributed by atoms with Gasteiger partial charge in [0.2, 0.25) is 0 Å². The lowest BCUT2D eigenvalue weighted by Crippen LogP contribution is -2.20. The highest BCUT2D eigenvalue weighted by molar-refractivity contribution is 6.01. The van der Waals surface area contributed by atoms with Crippen LogP contribution in [0, 0.1) is 6.92 Å². The number of aryl methyl sites for hydroxylation is 1. The third kappa shape index (κ3) is 3.60. The number of amides is 2. The quantitative estimate of drug-likeness (QED) is 0.757. The topological polar surface area (TPSA) is 85.6 Å². The van der Waals surface area contributed by atoms with E-state index < -0.39 is 0 Å². The number of urea groups is 1. The predicted octanol–water partition coefficient (Wildman–Crippen LogP) is 3.24. The second-order valence-corrected chi connectivity index (χ2v) is 4.74. The number of methoxy groups -OCH3 is 2. The van der Waals surface area contributed by atoms with Gasteiger partial charge in [0, 0.05) is 11.8 Å². The molecule has 116 valence electrons. The van der Waals surface area contributed by atoms with Crippen LogP contribution in [0.15, 0.2) is 36.4 Å². The third-order valence-corrected chi connectivity index (χ3v) is 3.10. The Bertz CT molecular complexity index is 686. The maximum absolute atomic E-state index is 12.0. The van der Waals surface area contributed by atoms with Gasteiger partial charge in [0.05, 0.1) is 25.6 Å². The van der Waals surface area contributed by atoms with Gasteiger partial charge in [0.25, 0.3) is 0 Å². The summed E-state index contributed by atoms with van der Waals surface area (Å²) in [4.78, 5) is 12.0. The van der Waals surface area contributed by atoms with Crippen LogP contribution in [0.1, 0.15) is 5.56 Å². The molecule has 4 N–H and O–H groups in total. The Labute approximate surface area is 129 Å². The van der Waals surface area contributed by atoms with Crippen molar-refractivity contribution >= 4 is 23.1 Å². The lowest BCUT2D eigenvalue weighted by molar-refractivity contribution is 0.262. The van der Waals surface area contributed by atoms with Gasteiger partial charge in [-0.15, -0.1) is 0 Å². The van der Waals surface area contributed by atoms with Crippen LogP contribution in [0.2, 0.25) is 0 Å². The summed E-state index contributed by atoms with van der Waals surface area (Å²) in [6, 6.07) is 10.2. The minimum absolute atomic E-state index is 0.385. The summed E-state index contributed by atoms with van der Waals surface area (Å²) < 4.78 is 10.3. The number of carbonyl (C=O) groups is 1. The molecule has 2 amide bonds. The van der Waals surface area contributed by atoms with Gasteiger partial charge in [-0.1, -0.05) is 6.07 Å². The molecule has 0 heterocycles. The summed E-state index contributed by atoms with van der Waals surface area (Å²) in [5.41, 5.74) is 8.51. The van der Waals surface area contributed by atoms with E-state index in [1.807, 2.05) is 19.1 Å². The molecule has 0 spiro atoms. The molecule has 0 aliphatic carbocycles. The Kier molecular flexibility index (Phi) is 4.73. The number of nitrogens with two attached hydrogens (primary N) is 1. The average Bonchev–Trinajstić information content (AvgIpc) is 2.50. The highest BCUT2D eigenvalue weighted by Gasteiger charge is 2.09. The SMILES string of the molecule is COc1ccc(NC(=O)Nc2cc(C)ccc2N)cc1OC. The fraction of sp³-hybridized carbons (Fsp3) is 0.188. The van der Waals surface area contributed by atoms with Crippen molar-refractivity contribution in [2.45, 2.75) is 6.92 Å². The standard InChI is InChI=1S/C16H19N3O3/c1-10-4-6-12(17)13(8-10)19-16(20)18-11-5-7-14(21-2)15(9-11)22-3/h4-9H,17H2,1-3H3,(H2,18,19,20). The first-order chi connectivity index (χ1) is 10.5. The molecule has 2 aromatic rings. The highest BCUT2D eigenvalue weighted by atomic mass is 16.5. The number of nitrogen functional groups attached to an aromatic ring is 1. The second-order valence-electron chi connectivity index (χ2n) is 4.74. The zero-order valence-corrected chi connectivity index (χ0v) is 12.8. The number of nitrogens with one attached hydrogen (secondary N) is 2. The van der Waals surface area contributed by atoms with Crippen molar-refractivity contribution < 1.29 is 14.3 Å². The summed E-state index contributed by atoms with van der Waals surface area (Å²) in [7, 11) is 3.09. The molecule has 6 heteroatoms. The summed E-state index contributed by atoms with van der Waals surface area (Å²) >= 11 is 0. The number of hydrogen-bond donors (Lipinski definition) is 3. The Morgan fingerprint density at radius 1 is 1.00 bits per heavy atom. The number of carbonyl (C=O) groups excluding carboxylic acids is 1. The summed E-state index contributed by atoms with van der Waals surface area (Å²) in [6.45, 7) is 1.93. The Hall–Kier alpha value is -2.89. The fourth-order valence-corrected chi connectivity index (χ4v) is 1.98. The van der Waals surface area contributed by atoms with Crippen molar-refractivity contribution in [3.8, 4) is 11.5 Å². The summed E-state index contributed by atoms with van der Waals surface area (Å²) in [5.74, 6) is 1.13. The molecule has 0 aliphatic heterocycles. The van der Waals surface area contributed by atoms with Gasteiger partial charge in [0.1, 0.15) is 0 Å². The molecule has 0 aromatic heterocycles. The molecule has 0 atom stereocenters. The minimum Gasteiger partial charge on any atom is -0.493 e. The van der Waals surface area contributed by atoms with Crippen LogP contribution in [0.5, 0.6) is 11.5 Å². The molecule has 0 saturated heterocycles. The normalized spacial score (nSPS) is 9.95. The van der Waals surface area contributed by atoms with Crippen LogP contribution < -0.4 is 25.8 Å². The second kappa shape index (κ2) is 6.71. The van der Waals surface area contributed by atoms with Crippen LogP contribution in [-0.4, -0.2) is 20.3 Å². The molecule has 0 aliphatic rings. The van der Waals surface area contributed by atoms with E-state index in [1.54, 1.807) is 31.4 Å². The Balaban J connectivity index is 2.10. The van der Waals surface area contributed by atoms with E-state index in [1.165, 1.54) is 7.11 Å². The van der Waals surface area contributed by atoms with Crippen LogP contribution in [0.4, 0.5) is 21.9 Å². The zero-order valence-electron chi connectivity index (χ0n) is 12.8. The van der Waals surface area contributed by atoms with Crippen LogP contribution in [0.3, 0.4) is 0 Å². The minimum atomic E-state index is -0.385. The molecule has 0 unspecified atom stereocenters. The zero-order chi connectivity index (χ0) is 16.1. The maximum Gasteiger partial charge on any atom is 0.323 e. The Morgan fingerprint density at radius 2 is 1.73 bits per heavy atom. The first-order valence-electron chi connectivity index (χ1n) is 6.69. The fourth-order valence-electron chi connectivity index (χ4n) is 1.98. The molecule has 0 fully saturated rings. The smallest absolute Gasteiger partial charge is 0.323 e. The number of benzene rings is 2. The number of ether oxygens (including phenoxy) is 2. The molecular weight excluding hydrogens is 282 g/mol. The van der Waals surface area contributed by atoms with Gasteiger partial charge in [-0.2, -0.15) is 0 Å². The molecule has 0 saturated carbocycles. The van der Waals surface area contributed by atoms with E-state index in [0.717, 1.165) is 5.56 Å². The van der Waals surface area contributed by atoms with Crippen molar-refractivity contribution in [2.75, 3.05) is 30.6 Å². The van der Waals surface area contributed by atoms with Gasteiger partial charge in [-0.3, -0.25) is 0 Å². The van der Waals surface area contributed by atoms with Crippen LogP contribution in [-0.2, 0) is 0 Å².